The van der Waals surface area contributed by atoms with Crippen LogP contribution >= 0.6 is 0 Å². The highest BCUT2D eigenvalue weighted by molar-refractivity contribution is 5.68. The summed E-state index contributed by atoms with van der Waals surface area (Å²) in [5.74, 6) is 0. The van der Waals surface area contributed by atoms with Gasteiger partial charge in [-0.25, -0.2) is 9.97 Å². The van der Waals surface area contributed by atoms with Crippen LogP contribution in [0.4, 0.5) is 0 Å². The van der Waals surface area contributed by atoms with Crippen molar-refractivity contribution in [1.82, 2.24) is 25.1 Å². The van der Waals surface area contributed by atoms with Crippen molar-refractivity contribution < 1.29 is 4.74 Å². The first-order valence-corrected chi connectivity index (χ1v) is 8.55. The third-order valence-electron chi connectivity index (χ3n) is 4.62. The minimum atomic E-state index is 0.219. The van der Waals surface area contributed by atoms with Gasteiger partial charge in [-0.2, -0.15) is 5.10 Å². The van der Waals surface area contributed by atoms with Crippen LogP contribution in [-0.4, -0.2) is 51.3 Å². The van der Waals surface area contributed by atoms with Crippen molar-refractivity contribution in [2.24, 2.45) is 0 Å². The van der Waals surface area contributed by atoms with Gasteiger partial charge in [0.25, 0.3) is 0 Å². The molecule has 1 aliphatic heterocycles. The fourth-order valence-corrected chi connectivity index (χ4v) is 3.04. The Balaban J connectivity index is 1.43. The summed E-state index contributed by atoms with van der Waals surface area (Å²) in [7, 11) is 2.14. The lowest BCUT2D eigenvalue weighted by Gasteiger charge is -2.28. The molecule has 0 radical (unpaired) electrons. The van der Waals surface area contributed by atoms with Crippen LogP contribution in [0, 0.1) is 0 Å². The number of nitrogens with zero attached hydrogens (tertiary/aromatic N) is 4. The monoisotopic (exact) mass is 335 g/mol. The number of aromatic amines is 1. The summed E-state index contributed by atoms with van der Waals surface area (Å²) in [5, 5.41) is 6.81. The number of piperidine rings is 1. The van der Waals surface area contributed by atoms with Gasteiger partial charge in [0.2, 0.25) is 0 Å². The quantitative estimate of drug-likeness (QED) is 0.794. The summed E-state index contributed by atoms with van der Waals surface area (Å²) in [5.41, 5.74) is 4.26. The van der Waals surface area contributed by atoms with E-state index >= 15 is 0 Å². The molecule has 1 aliphatic rings. The van der Waals surface area contributed by atoms with Crippen molar-refractivity contribution in [2.45, 2.75) is 18.9 Å². The number of benzene rings is 1. The predicted molar refractivity (Wildman–Crippen MR) is 96.2 cm³/mol. The Morgan fingerprint density at radius 2 is 1.56 bits per heavy atom. The Morgan fingerprint density at radius 3 is 2.16 bits per heavy atom. The van der Waals surface area contributed by atoms with Crippen LogP contribution in [-0.2, 0) is 0 Å². The van der Waals surface area contributed by atoms with Crippen molar-refractivity contribution in [1.29, 1.82) is 0 Å². The first-order valence-electron chi connectivity index (χ1n) is 8.55. The fourth-order valence-electron chi connectivity index (χ4n) is 3.04. The van der Waals surface area contributed by atoms with E-state index in [1.165, 1.54) is 0 Å². The molecule has 128 valence electrons. The van der Waals surface area contributed by atoms with Crippen LogP contribution in [0.5, 0.6) is 6.01 Å². The first kappa shape index (κ1) is 15.8. The number of hydrogen-bond donors (Lipinski definition) is 1. The summed E-state index contributed by atoms with van der Waals surface area (Å²) >= 11 is 0. The van der Waals surface area contributed by atoms with Gasteiger partial charge in [-0.3, -0.25) is 5.10 Å². The highest BCUT2D eigenvalue weighted by atomic mass is 16.5. The number of nitrogens with one attached hydrogen (secondary N) is 1. The van der Waals surface area contributed by atoms with Gasteiger partial charge in [-0.15, -0.1) is 0 Å². The Labute approximate surface area is 146 Å². The minimum absolute atomic E-state index is 0.219. The smallest absolute Gasteiger partial charge is 0.316 e. The average molecular weight is 335 g/mol. The molecule has 0 spiro atoms. The van der Waals surface area contributed by atoms with Gasteiger partial charge in [0.1, 0.15) is 6.10 Å². The van der Waals surface area contributed by atoms with E-state index in [0.717, 1.165) is 48.2 Å². The van der Waals surface area contributed by atoms with E-state index in [9.17, 15) is 0 Å². The number of hydrogen-bond acceptors (Lipinski definition) is 5. The van der Waals surface area contributed by atoms with Gasteiger partial charge >= 0.3 is 6.01 Å². The molecule has 4 rings (SSSR count). The molecular weight excluding hydrogens is 314 g/mol. The maximum absolute atomic E-state index is 5.90. The van der Waals surface area contributed by atoms with Crippen LogP contribution in [0.3, 0.4) is 0 Å². The maximum Gasteiger partial charge on any atom is 0.316 e. The fraction of sp³-hybridized carbons (Fsp3) is 0.316. The van der Waals surface area contributed by atoms with Gasteiger partial charge in [0.05, 0.1) is 6.20 Å². The molecule has 0 saturated carbocycles. The third-order valence-corrected chi connectivity index (χ3v) is 4.62. The summed E-state index contributed by atoms with van der Waals surface area (Å²) in [6.45, 7) is 2.12. The van der Waals surface area contributed by atoms with Crippen LogP contribution in [0.15, 0.2) is 49.1 Å². The molecule has 1 aromatic carbocycles. The second-order valence-corrected chi connectivity index (χ2v) is 6.44. The number of aromatic nitrogens is 4. The molecule has 1 fully saturated rings. The topological polar surface area (TPSA) is 66.9 Å². The van der Waals surface area contributed by atoms with Gasteiger partial charge < -0.3 is 9.64 Å². The lowest BCUT2D eigenvalue weighted by molar-refractivity contribution is 0.105. The highest BCUT2D eigenvalue weighted by Gasteiger charge is 2.18. The van der Waals surface area contributed by atoms with Gasteiger partial charge in [-0.1, -0.05) is 24.3 Å². The van der Waals surface area contributed by atoms with Gasteiger partial charge in [-0.05, 0) is 31.0 Å². The minimum Gasteiger partial charge on any atom is -0.460 e. The molecule has 0 unspecified atom stereocenters. The van der Waals surface area contributed by atoms with Crippen molar-refractivity contribution >= 4 is 0 Å². The first-order chi connectivity index (χ1) is 12.3. The average Bonchev–Trinajstić information content (AvgIpc) is 3.19. The van der Waals surface area contributed by atoms with Crippen LogP contribution in [0.2, 0.25) is 0 Å². The molecule has 0 bridgehead atoms. The molecule has 0 aliphatic carbocycles. The molecule has 6 nitrogen and oxygen atoms in total. The van der Waals surface area contributed by atoms with E-state index in [2.05, 4.69) is 56.4 Å². The second kappa shape index (κ2) is 7.03. The summed E-state index contributed by atoms with van der Waals surface area (Å²) in [6.07, 6.45) is 9.61. The van der Waals surface area contributed by atoms with Crippen LogP contribution in [0.1, 0.15) is 12.8 Å². The molecule has 6 heteroatoms. The van der Waals surface area contributed by atoms with E-state index in [0.29, 0.717) is 6.01 Å². The maximum atomic E-state index is 5.90. The van der Waals surface area contributed by atoms with Crippen molar-refractivity contribution in [2.75, 3.05) is 20.1 Å². The van der Waals surface area contributed by atoms with Crippen molar-refractivity contribution in [3.05, 3.63) is 49.1 Å². The Hall–Kier alpha value is -2.73. The van der Waals surface area contributed by atoms with Gasteiger partial charge in [0, 0.05) is 42.8 Å². The molecular formula is C19H21N5O. The highest BCUT2D eigenvalue weighted by Crippen LogP contribution is 2.24. The predicted octanol–water partition coefficient (Wildman–Crippen LogP) is 3.01. The Kier molecular flexibility index (Phi) is 4.43. The van der Waals surface area contributed by atoms with Crippen LogP contribution in [0.25, 0.3) is 22.3 Å². The molecule has 3 heterocycles. The van der Waals surface area contributed by atoms with Crippen LogP contribution < -0.4 is 4.74 Å². The lowest BCUT2D eigenvalue weighted by atomic mass is 10.0. The lowest BCUT2D eigenvalue weighted by Crippen LogP contribution is -2.35. The molecule has 1 saturated heterocycles. The SMILES string of the molecule is CN1CCC(Oc2ncc(-c3ccc(-c4cn[nH]c4)cc3)cn2)CC1. The zero-order valence-corrected chi connectivity index (χ0v) is 14.2. The molecule has 2 aromatic heterocycles. The second-order valence-electron chi connectivity index (χ2n) is 6.44. The molecule has 0 amide bonds. The largest absolute Gasteiger partial charge is 0.460 e. The van der Waals surface area contributed by atoms with E-state index in [4.69, 9.17) is 4.74 Å². The summed E-state index contributed by atoms with van der Waals surface area (Å²) < 4.78 is 5.90. The number of rotatable bonds is 4. The summed E-state index contributed by atoms with van der Waals surface area (Å²) in [4.78, 5) is 11.1. The van der Waals surface area contributed by atoms with E-state index < -0.39 is 0 Å². The Morgan fingerprint density at radius 1 is 0.920 bits per heavy atom. The Bertz CT molecular complexity index is 791. The summed E-state index contributed by atoms with van der Waals surface area (Å²) in [6, 6.07) is 8.75. The van der Waals surface area contributed by atoms with E-state index in [1.807, 2.05) is 24.8 Å². The number of likely N-dealkylation sites (tertiary alicyclic amines) is 1. The normalized spacial score (nSPS) is 16.0. The third kappa shape index (κ3) is 3.69. The van der Waals surface area contributed by atoms with E-state index in [1.54, 1.807) is 0 Å². The van der Waals surface area contributed by atoms with Crippen molar-refractivity contribution in [3.8, 4) is 28.3 Å². The zero-order chi connectivity index (χ0) is 17.1. The molecule has 0 atom stereocenters. The zero-order valence-electron chi connectivity index (χ0n) is 14.2. The number of H-pyrrole nitrogens is 1. The molecule has 3 aromatic rings. The standard InChI is InChI=1S/C19H21N5O/c1-24-8-6-18(7-9-24)25-19-20-10-16(11-21-19)14-2-4-15(5-3-14)17-12-22-23-13-17/h2-5,10-13,18H,6-9H2,1H3,(H,22,23). The molecule has 1 N–H and O–H groups in total. The van der Waals surface area contributed by atoms with Crippen molar-refractivity contribution in [3.63, 3.8) is 0 Å². The number of ether oxygens (including phenoxy) is 1. The van der Waals surface area contributed by atoms with Gasteiger partial charge in [0.15, 0.2) is 0 Å². The molecule has 25 heavy (non-hydrogen) atoms. The van der Waals surface area contributed by atoms with E-state index in [-0.39, 0.29) is 6.10 Å².